The first-order valence-electron chi connectivity index (χ1n) is 6.61. The summed E-state index contributed by atoms with van der Waals surface area (Å²) in [7, 11) is 1.32. The molecule has 0 aliphatic rings. The van der Waals surface area contributed by atoms with E-state index in [-0.39, 0.29) is 11.6 Å². The Balaban J connectivity index is 1.73. The Kier molecular flexibility index (Phi) is 4.03. The minimum atomic E-state index is -0.635. The summed E-state index contributed by atoms with van der Waals surface area (Å²) in [5.41, 5.74) is 6.39. The average molecular weight is 335 g/mol. The second-order valence-electron chi connectivity index (χ2n) is 4.68. The van der Waals surface area contributed by atoms with Gasteiger partial charge in [0, 0.05) is 22.0 Å². The van der Waals surface area contributed by atoms with Gasteiger partial charge in [-0.1, -0.05) is 17.7 Å². The molecule has 8 heteroatoms. The van der Waals surface area contributed by atoms with Crippen LogP contribution in [0.3, 0.4) is 0 Å². The Morgan fingerprint density at radius 2 is 2.22 bits per heavy atom. The smallest absolute Gasteiger partial charge is 0.286 e. The van der Waals surface area contributed by atoms with E-state index in [1.54, 1.807) is 18.2 Å². The van der Waals surface area contributed by atoms with E-state index in [1.807, 2.05) is 6.07 Å². The van der Waals surface area contributed by atoms with Crippen molar-refractivity contribution in [3.63, 3.8) is 0 Å². The molecule has 0 radical (unpaired) electrons. The first-order valence-corrected chi connectivity index (χ1v) is 6.99. The molecular formula is C15H12ClFN4O2. The summed E-state index contributed by atoms with van der Waals surface area (Å²) in [6.07, 6.45) is 1.34. The highest BCUT2D eigenvalue weighted by atomic mass is 35.5. The number of amides is 1. The van der Waals surface area contributed by atoms with Gasteiger partial charge in [0.05, 0.1) is 19.0 Å². The molecule has 0 fully saturated rings. The summed E-state index contributed by atoms with van der Waals surface area (Å²) in [4.78, 5) is 18.8. The van der Waals surface area contributed by atoms with E-state index >= 15 is 0 Å². The second-order valence-corrected chi connectivity index (χ2v) is 5.09. The lowest BCUT2D eigenvalue weighted by atomic mass is 10.2. The van der Waals surface area contributed by atoms with Crippen molar-refractivity contribution in [1.82, 2.24) is 15.4 Å². The number of hydrogen-bond acceptors (Lipinski definition) is 4. The predicted octanol–water partition coefficient (Wildman–Crippen LogP) is 3.12. The number of carbonyl (C=O) groups is 1. The molecule has 3 aromatic rings. The highest BCUT2D eigenvalue weighted by Crippen LogP contribution is 2.24. The minimum absolute atomic E-state index is 0.118. The lowest BCUT2D eigenvalue weighted by Crippen LogP contribution is -2.29. The number of ether oxygens (including phenoxy) is 1. The summed E-state index contributed by atoms with van der Waals surface area (Å²) in [5.74, 6) is -1.18. The Morgan fingerprint density at radius 3 is 2.91 bits per heavy atom. The number of aromatic nitrogens is 2. The van der Waals surface area contributed by atoms with Crippen LogP contribution in [0.5, 0.6) is 5.88 Å². The number of H-pyrrole nitrogens is 1. The van der Waals surface area contributed by atoms with E-state index in [9.17, 15) is 9.18 Å². The number of rotatable bonds is 4. The maximum Gasteiger partial charge on any atom is 0.286 e. The molecule has 1 amide bonds. The van der Waals surface area contributed by atoms with E-state index < -0.39 is 11.7 Å². The third-order valence-electron chi connectivity index (χ3n) is 3.18. The SMILES string of the molecule is COc1ncc(NNC(=O)c2cc3c(Cl)cccc3[nH]2)cc1F. The van der Waals surface area contributed by atoms with Crippen LogP contribution in [0.1, 0.15) is 10.5 Å². The number of nitrogens with zero attached hydrogens (tertiary/aromatic N) is 1. The van der Waals surface area contributed by atoms with Gasteiger partial charge in [0.2, 0.25) is 5.88 Å². The third-order valence-corrected chi connectivity index (χ3v) is 3.51. The number of anilines is 1. The van der Waals surface area contributed by atoms with Crippen LogP contribution in [0.25, 0.3) is 10.9 Å². The lowest BCUT2D eigenvalue weighted by Gasteiger charge is -2.08. The molecule has 0 saturated heterocycles. The number of aromatic amines is 1. The standard InChI is InChI=1S/C15H12ClFN4O2/c1-23-15-11(17)5-8(7-18-15)20-21-14(22)13-6-9-10(16)3-2-4-12(9)19-13/h2-7,19-20H,1H3,(H,21,22). The zero-order chi connectivity index (χ0) is 16.4. The van der Waals surface area contributed by atoms with E-state index in [4.69, 9.17) is 16.3 Å². The summed E-state index contributed by atoms with van der Waals surface area (Å²) in [6.45, 7) is 0. The number of carbonyl (C=O) groups excluding carboxylic acids is 1. The van der Waals surface area contributed by atoms with Gasteiger partial charge in [0.25, 0.3) is 5.91 Å². The number of nitrogens with one attached hydrogen (secondary N) is 3. The Morgan fingerprint density at radius 1 is 1.39 bits per heavy atom. The number of methoxy groups -OCH3 is 1. The molecule has 23 heavy (non-hydrogen) atoms. The molecule has 3 N–H and O–H groups in total. The van der Waals surface area contributed by atoms with Crippen molar-refractivity contribution in [3.8, 4) is 5.88 Å². The number of fused-ring (bicyclic) bond motifs is 1. The summed E-state index contributed by atoms with van der Waals surface area (Å²) >= 11 is 6.06. The largest absolute Gasteiger partial charge is 0.479 e. The highest BCUT2D eigenvalue weighted by molar-refractivity contribution is 6.35. The molecule has 2 aromatic heterocycles. The topological polar surface area (TPSA) is 79.0 Å². The van der Waals surface area contributed by atoms with Crippen molar-refractivity contribution in [3.05, 3.63) is 53.1 Å². The second kappa shape index (κ2) is 6.13. The van der Waals surface area contributed by atoms with Crippen LogP contribution in [0.15, 0.2) is 36.5 Å². The van der Waals surface area contributed by atoms with Gasteiger partial charge in [-0.25, -0.2) is 9.37 Å². The molecule has 0 saturated carbocycles. The van der Waals surface area contributed by atoms with E-state index in [1.165, 1.54) is 13.3 Å². The monoisotopic (exact) mass is 334 g/mol. The molecule has 0 bridgehead atoms. The molecule has 0 unspecified atom stereocenters. The maximum atomic E-state index is 13.5. The minimum Gasteiger partial charge on any atom is -0.479 e. The fourth-order valence-electron chi connectivity index (χ4n) is 2.08. The van der Waals surface area contributed by atoms with Crippen molar-refractivity contribution < 1.29 is 13.9 Å². The van der Waals surface area contributed by atoms with E-state index in [0.29, 0.717) is 10.7 Å². The van der Waals surface area contributed by atoms with Gasteiger partial charge in [0.15, 0.2) is 5.82 Å². The van der Waals surface area contributed by atoms with Crippen molar-refractivity contribution >= 4 is 34.1 Å². The van der Waals surface area contributed by atoms with Gasteiger partial charge in [-0.05, 0) is 18.2 Å². The van der Waals surface area contributed by atoms with Crippen molar-refractivity contribution in [2.24, 2.45) is 0 Å². The molecular weight excluding hydrogens is 323 g/mol. The summed E-state index contributed by atoms with van der Waals surface area (Å²) in [5, 5.41) is 1.30. The molecule has 6 nitrogen and oxygen atoms in total. The Bertz CT molecular complexity index is 881. The third kappa shape index (κ3) is 3.04. The lowest BCUT2D eigenvalue weighted by molar-refractivity contribution is 0.0958. The fraction of sp³-hybridized carbons (Fsp3) is 0.0667. The molecule has 0 aliphatic heterocycles. The van der Waals surface area contributed by atoms with Crippen molar-refractivity contribution in [2.75, 3.05) is 12.5 Å². The first-order chi connectivity index (χ1) is 11.1. The van der Waals surface area contributed by atoms with Crippen LogP contribution in [0, 0.1) is 5.82 Å². The van der Waals surface area contributed by atoms with Gasteiger partial charge in [-0.2, -0.15) is 0 Å². The van der Waals surface area contributed by atoms with Gasteiger partial charge in [-0.15, -0.1) is 0 Å². The van der Waals surface area contributed by atoms with Crippen molar-refractivity contribution in [2.45, 2.75) is 0 Å². The normalized spacial score (nSPS) is 10.6. The van der Waals surface area contributed by atoms with Crippen LogP contribution in [0.2, 0.25) is 5.02 Å². The number of benzene rings is 1. The van der Waals surface area contributed by atoms with Crippen LogP contribution < -0.4 is 15.6 Å². The zero-order valence-electron chi connectivity index (χ0n) is 12.0. The maximum absolute atomic E-state index is 13.5. The zero-order valence-corrected chi connectivity index (χ0v) is 12.7. The summed E-state index contributed by atoms with van der Waals surface area (Å²) < 4.78 is 18.2. The van der Waals surface area contributed by atoms with Gasteiger partial charge < -0.3 is 9.72 Å². The molecule has 2 heterocycles. The van der Waals surface area contributed by atoms with Crippen LogP contribution in [0.4, 0.5) is 10.1 Å². The first kappa shape index (κ1) is 15.1. The molecule has 3 rings (SSSR count). The Labute approximate surface area is 135 Å². The predicted molar refractivity (Wildman–Crippen MR) is 85.1 cm³/mol. The molecule has 0 aliphatic carbocycles. The highest BCUT2D eigenvalue weighted by Gasteiger charge is 2.11. The molecule has 0 spiro atoms. The molecule has 0 atom stereocenters. The van der Waals surface area contributed by atoms with Crippen LogP contribution >= 0.6 is 11.6 Å². The van der Waals surface area contributed by atoms with Crippen LogP contribution in [-0.2, 0) is 0 Å². The average Bonchev–Trinajstić information content (AvgIpc) is 2.98. The number of hydrogen-bond donors (Lipinski definition) is 3. The number of pyridine rings is 1. The van der Waals surface area contributed by atoms with E-state index in [0.717, 1.165) is 17.0 Å². The van der Waals surface area contributed by atoms with Gasteiger partial charge in [0.1, 0.15) is 5.69 Å². The van der Waals surface area contributed by atoms with Crippen molar-refractivity contribution in [1.29, 1.82) is 0 Å². The van der Waals surface area contributed by atoms with Gasteiger partial charge >= 0.3 is 0 Å². The number of hydrazine groups is 1. The molecule has 1 aromatic carbocycles. The van der Waals surface area contributed by atoms with Gasteiger partial charge in [-0.3, -0.25) is 15.6 Å². The Hall–Kier alpha value is -2.80. The van der Waals surface area contributed by atoms with Crippen LogP contribution in [-0.4, -0.2) is 23.0 Å². The quantitative estimate of drug-likeness (QED) is 0.640. The molecule has 118 valence electrons. The summed E-state index contributed by atoms with van der Waals surface area (Å²) in [6, 6.07) is 8.14. The number of halogens is 2. The van der Waals surface area contributed by atoms with E-state index in [2.05, 4.69) is 20.8 Å². The fourth-order valence-corrected chi connectivity index (χ4v) is 2.31.